The summed E-state index contributed by atoms with van der Waals surface area (Å²) in [5.74, 6) is 0.839. The molecule has 1 saturated heterocycles. The second kappa shape index (κ2) is 7.21. The quantitative estimate of drug-likeness (QED) is 0.822. The molecule has 0 N–H and O–H groups in total. The Morgan fingerprint density at radius 3 is 2.44 bits per heavy atom. The van der Waals surface area contributed by atoms with Crippen molar-refractivity contribution in [1.82, 2.24) is 24.0 Å². The minimum Gasteiger partial charge on any atom is -0.344 e. The topological polar surface area (TPSA) is 67.2 Å². The van der Waals surface area contributed by atoms with Gasteiger partial charge in [-0.15, -0.1) is 0 Å². The molecular weight excluding hydrogens is 336 g/mol. The summed E-state index contributed by atoms with van der Waals surface area (Å²) in [6, 6.07) is 3.46. The van der Waals surface area contributed by atoms with Crippen LogP contribution < -0.4 is 10.5 Å². The van der Waals surface area contributed by atoms with Crippen molar-refractivity contribution < 1.29 is 0 Å². The lowest BCUT2D eigenvalue weighted by Crippen LogP contribution is -2.47. The molecule has 1 fully saturated rings. The molecule has 0 unspecified atom stereocenters. The van der Waals surface area contributed by atoms with Gasteiger partial charge in [0.15, 0.2) is 0 Å². The predicted molar refractivity (Wildman–Crippen MR) is 100 cm³/mol. The molecule has 2 aromatic rings. The predicted octanol–water partition coefficient (Wildman–Crippen LogP) is 1.52. The van der Waals surface area contributed by atoms with Crippen molar-refractivity contribution in [2.75, 3.05) is 37.6 Å². The fraction of sp³-hybridized carbons (Fsp3) is 0.647. The molecule has 136 valence electrons. The maximum atomic E-state index is 12.1. The number of nitrogens with zero attached hydrogens (tertiary/aromatic N) is 6. The second-order valence-corrected chi connectivity index (χ2v) is 8.21. The number of rotatable bonds is 4. The van der Waals surface area contributed by atoms with Crippen LogP contribution in [0, 0.1) is 6.92 Å². The average molecular weight is 363 g/mol. The second-order valence-electron chi connectivity index (χ2n) is 7.48. The molecule has 0 spiro atoms. The van der Waals surface area contributed by atoms with Crippen LogP contribution in [-0.4, -0.2) is 56.8 Å². The monoisotopic (exact) mass is 362 g/mol. The molecule has 0 aliphatic carbocycles. The standard InChI is InChI=1S/C17H26N6OS/c1-13-18-16(25-20-13)22-10-7-21(8-11-22)9-12-23-15(24)6-5-14(19-23)17(2,3)4/h5-6H,7-12H2,1-4H3. The highest BCUT2D eigenvalue weighted by atomic mass is 32.1. The largest absolute Gasteiger partial charge is 0.344 e. The van der Waals surface area contributed by atoms with E-state index in [1.807, 2.05) is 13.0 Å². The van der Waals surface area contributed by atoms with E-state index in [4.69, 9.17) is 0 Å². The smallest absolute Gasteiger partial charge is 0.266 e. The zero-order chi connectivity index (χ0) is 18.0. The van der Waals surface area contributed by atoms with E-state index in [0.717, 1.165) is 49.4 Å². The van der Waals surface area contributed by atoms with Gasteiger partial charge in [-0.3, -0.25) is 9.69 Å². The first kappa shape index (κ1) is 18.0. The van der Waals surface area contributed by atoms with Crippen LogP contribution >= 0.6 is 11.5 Å². The molecule has 0 saturated carbocycles. The molecule has 3 heterocycles. The number of hydrogen-bond acceptors (Lipinski definition) is 7. The van der Waals surface area contributed by atoms with Crippen LogP contribution in [0.25, 0.3) is 0 Å². The average Bonchev–Trinajstić information content (AvgIpc) is 3.00. The normalized spacial score (nSPS) is 16.4. The Morgan fingerprint density at radius 2 is 1.84 bits per heavy atom. The van der Waals surface area contributed by atoms with Crippen molar-refractivity contribution in [2.24, 2.45) is 0 Å². The minimum atomic E-state index is -0.0546. The summed E-state index contributed by atoms with van der Waals surface area (Å²) in [6.45, 7) is 13.5. The van der Waals surface area contributed by atoms with Crippen LogP contribution in [-0.2, 0) is 12.0 Å². The van der Waals surface area contributed by atoms with Crippen molar-refractivity contribution in [3.8, 4) is 0 Å². The van der Waals surface area contributed by atoms with Crippen LogP contribution in [0.5, 0.6) is 0 Å². The van der Waals surface area contributed by atoms with Crippen molar-refractivity contribution in [1.29, 1.82) is 0 Å². The molecule has 25 heavy (non-hydrogen) atoms. The van der Waals surface area contributed by atoms with E-state index >= 15 is 0 Å². The molecule has 3 rings (SSSR count). The van der Waals surface area contributed by atoms with Gasteiger partial charge < -0.3 is 4.90 Å². The lowest BCUT2D eigenvalue weighted by molar-refractivity contribution is 0.242. The molecule has 0 aromatic carbocycles. The van der Waals surface area contributed by atoms with Crippen LogP contribution in [0.2, 0.25) is 0 Å². The summed E-state index contributed by atoms with van der Waals surface area (Å²) >= 11 is 1.46. The van der Waals surface area contributed by atoms with Gasteiger partial charge in [0.1, 0.15) is 5.82 Å². The van der Waals surface area contributed by atoms with Gasteiger partial charge >= 0.3 is 0 Å². The van der Waals surface area contributed by atoms with Gasteiger partial charge in [-0.25, -0.2) is 9.67 Å². The van der Waals surface area contributed by atoms with Crippen molar-refractivity contribution in [3.05, 3.63) is 34.0 Å². The van der Waals surface area contributed by atoms with Gasteiger partial charge in [0.25, 0.3) is 5.56 Å². The van der Waals surface area contributed by atoms with E-state index in [9.17, 15) is 4.79 Å². The SMILES string of the molecule is Cc1nsc(N2CCN(CCn3nc(C(C)(C)C)ccc3=O)CC2)n1. The first-order valence-electron chi connectivity index (χ1n) is 8.69. The zero-order valence-electron chi connectivity index (χ0n) is 15.4. The molecule has 1 aliphatic rings. The molecule has 0 radical (unpaired) electrons. The summed E-state index contributed by atoms with van der Waals surface area (Å²) in [6.07, 6.45) is 0. The van der Waals surface area contributed by atoms with Gasteiger partial charge in [0, 0.05) is 55.7 Å². The highest BCUT2D eigenvalue weighted by molar-refractivity contribution is 7.09. The van der Waals surface area contributed by atoms with E-state index < -0.39 is 0 Å². The van der Waals surface area contributed by atoms with Gasteiger partial charge in [-0.2, -0.15) is 9.47 Å². The number of hydrogen-bond donors (Lipinski definition) is 0. The fourth-order valence-corrected chi connectivity index (χ4v) is 3.55. The summed E-state index contributed by atoms with van der Waals surface area (Å²) in [7, 11) is 0. The van der Waals surface area contributed by atoms with Crippen LogP contribution in [0.1, 0.15) is 32.3 Å². The van der Waals surface area contributed by atoms with E-state index in [2.05, 4.69) is 45.0 Å². The molecule has 0 atom stereocenters. The Morgan fingerprint density at radius 1 is 1.12 bits per heavy atom. The van der Waals surface area contributed by atoms with E-state index in [1.165, 1.54) is 11.5 Å². The molecule has 1 aliphatic heterocycles. The zero-order valence-corrected chi connectivity index (χ0v) is 16.2. The lowest BCUT2D eigenvalue weighted by Gasteiger charge is -2.34. The summed E-state index contributed by atoms with van der Waals surface area (Å²) in [5.41, 5.74) is 0.862. The van der Waals surface area contributed by atoms with E-state index in [0.29, 0.717) is 6.54 Å². The van der Waals surface area contributed by atoms with Crippen molar-refractivity contribution in [3.63, 3.8) is 0 Å². The molecular formula is C17H26N6OS. The maximum Gasteiger partial charge on any atom is 0.266 e. The fourth-order valence-electron chi connectivity index (χ4n) is 2.82. The van der Waals surface area contributed by atoms with Gasteiger partial charge in [-0.1, -0.05) is 20.8 Å². The highest BCUT2D eigenvalue weighted by Gasteiger charge is 2.20. The molecule has 8 heteroatoms. The number of piperazine rings is 1. The minimum absolute atomic E-state index is 0.0315. The van der Waals surface area contributed by atoms with Gasteiger partial charge in [-0.05, 0) is 13.0 Å². The molecule has 7 nitrogen and oxygen atoms in total. The Hall–Kier alpha value is -1.80. The maximum absolute atomic E-state index is 12.1. The van der Waals surface area contributed by atoms with Crippen LogP contribution in [0.4, 0.5) is 5.13 Å². The number of anilines is 1. The molecule has 0 bridgehead atoms. The van der Waals surface area contributed by atoms with Crippen molar-refractivity contribution >= 4 is 16.7 Å². The highest BCUT2D eigenvalue weighted by Crippen LogP contribution is 2.19. The lowest BCUT2D eigenvalue weighted by atomic mass is 9.92. The van der Waals surface area contributed by atoms with E-state index in [-0.39, 0.29) is 11.0 Å². The Bertz CT molecular complexity index is 770. The van der Waals surface area contributed by atoms with Gasteiger partial charge in [0.2, 0.25) is 5.13 Å². The third kappa shape index (κ3) is 4.43. The van der Waals surface area contributed by atoms with Crippen molar-refractivity contribution in [2.45, 2.75) is 39.7 Å². The summed E-state index contributed by atoms with van der Waals surface area (Å²) in [4.78, 5) is 21.2. The molecule has 0 amide bonds. The Kier molecular flexibility index (Phi) is 5.19. The van der Waals surface area contributed by atoms with Gasteiger partial charge in [0.05, 0.1) is 12.2 Å². The Balaban J connectivity index is 1.56. The van der Waals surface area contributed by atoms with Crippen LogP contribution in [0.15, 0.2) is 16.9 Å². The number of aryl methyl sites for hydroxylation is 1. The summed E-state index contributed by atoms with van der Waals surface area (Å²) in [5, 5.41) is 5.55. The Labute approximate surface area is 152 Å². The van der Waals surface area contributed by atoms with Crippen LogP contribution in [0.3, 0.4) is 0 Å². The first-order valence-corrected chi connectivity index (χ1v) is 9.46. The third-order valence-electron chi connectivity index (χ3n) is 4.42. The first-order chi connectivity index (χ1) is 11.8. The van der Waals surface area contributed by atoms with E-state index in [1.54, 1.807) is 10.7 Å². The third-order valence-corrected chi connectivity index (χ3v) is 5.29. The number of aromatic nitrogens is 4. The molecule has 2 aromatic heterocycles. The summed E-state index contributed by atoms with van der Waals surface area (Å²) < 4.78 is 5.85.